The molecule has 0 spiro atoms. The van der Waals surface area contributed by atoms with Gasteiger partial charge in [-0.25, -0.2) is 4.39 Å². The first kappa shape index (κ1) is 13.0. The van der Waals surface area contributed by atoms with Crippen molar-refractivity contribution in [2.24, 2.45) is 5.41 Å². The molecular weight excluding hydrogens is 227 g/mol. The van der Waals surface area contributed by atoms with E-state index >= 15 is 0 Å². The van der Waals surface area contributed by atoms with Gasteiger partial charge in [0.1, 0.15) is 5.82 Å². The third kappa shape index (κ3) is 3.30. The summed E-state index contributed by atoms with van der Waals surface area (Å²) in [7, 11) is 0. The van der Waals surface area contributed by atoms with Crippen molar-refractivity contribution in [2.75, 3.05) is 13.1 Å². The lowest BCUT2D eigenvalue weighted by Gasteiger charge is -2.38. The van der Waals surface area contributed by atoms with Crippen LogP contribution in [0, 0.1) is 22.6 Å². The summed E-state index contributed by atoms with van der Waals surface area (Å²) in [5, 5.41) is 8.81. The van der Waals surface area contributed by atoms with Crippen molar-refractivity contribution in [3.05, 3.63) is 35.6 Å². The number of rotatable bonds is 3. The second kappa shape index (κ2) is 5.49. The molecule has 2 rings (SSSR count). The van der Waals surface area contributed by atoms with E-state index in [9.17, 15) is 4.39 Å². The van der Waals surface area contributed by atoms with E-state index in [1.807, 2.05) is 6.07 Å². The standard InChI is InChI=1S/C15H19FN2/c1-15(5-8-17)6-9-18(10-7-15)12-13-3-2-4-14(16)11-13/h2-4,11H,5-7,9-10,12H2,1H3. The van der Waals surface area contributed by atoms with Gasteiger partial charge in [0.05, 0.1) is 6.07 Å². The maximum atomic E-state index is 13.1. The van der Waals surface area contributed by atoms with E-state index in [2.05, 4.69) is 17.9 Å². The van der Waals surface area contributed by atoms with Crippen LogP contribution in [0.2, 0.25) is 0 Å². The van der Waals surface area contributed by atoms with Crippen LogP contribution in [0.5, 0.6) is 0 Å². The predicted molar refractivity (Wildman–Crippen MR) is 69.2 cm³/mol. The van der Waals surface area contributed by atoms with Gasteiger partial charge in [-0.1, -0.05) is 19.1 Å². The fourth-order valence-electron chi connectivity index (χ4n) is 2.51. The first-order valence-electron chi connectivity index (χ1n) is 6.45. The minimum absolute atomic E-state index is 0.168. The van der Waals surface area contributed by atoms with E-state index in [-0.39, 0.29) is 11.2 Å². The topological polar surface area (TPSA) is 27.0 Å². The summed E-state index contributed by atoms with van der Waals surface area (Å²) in [4.78, 5) is 2.34. The van der Waals surface area contributed by atoms with Crippen molar-refractivity contribution < 1.29 is 4.39 Å². The monoisotopic (exact) mass is 246 g/mol. The summed E-state index contributed by atoms with van der Waals surface area (Å²) in [6.45, 7) is 4.99. The number of piperidine rings is 1. The molecule has 0 aliphatic carbocycles. The van der Waals surface area contributed by atoms with Crippen LogP contribution < -0.4 is 0 Å². The van der Waals surface area contributed by atoms with Crippen LogP contribution in [0.3, 0.4) is 0 Å². The number of likely N-dealkylation sites (tertiary alicyclic amines) is 1. The van der Waals surface area contributed by atoms with Gasteiger partial charge >= 0.3 is 0 Å². The molecule has 0 N–H and O–H groups in total. The smallest absolute Gasteiger partial charge is 0.123 e. The normalized spacial score (nSPS) is 19.4. The summed E-state index contributed by atoms with van der Waals surface area (Å²) >= 11 is 0. The molecule has 0 atom stereocenters. The minimum Gasteiger partial charge on any atom is -0.299 e. The zero-order valence-corrected chi connectivity index (χ0v) is 10.8. The Morgan fingerprint density at radius 1 is 1.39 bits per heavy atom. The lowest BCUT2D eigenvalue weighted by molar-refractivity contribution is 0.116. The second-order valence-corrected chi connectivity index (χ2v) is 5.55. The van der Waals surface area contributed by atoms with Gasteiger partial charge in [0.2, 0.25) is 0 Å². The molecule has 2 nitrogen and oxygen atoms in total. The highest BCUT2D eigenvalue weighted by atomic mass is 19.1. The molecule has 1 aromatic rings. The fourth-order valence-corrected chi connectivity index (χ4v) is 2.51. The number of benzene rings is 1. The predicted octanol–water partition coefficient (Wildman–Crippen LogP) is 3.34. The Bertz CT molecular complexity index is 442. The lowest BCUT2D eigenvalue weighted by Crippen LogP contribution is -2.38. The van der Waals surface area contributed by atoms with Gasteiger partial charge in [-0.15, -0.1) is 0 Å². The van der Waals surface area contributed by atoms with Gasteiger partial charge < -0.3 is 0 Å². The molecule has 1 heterocycles. The van der Waals surface area contributed by atoms with Crippen molar-refractivity contribution in [1.29, 1.82) is 5.26 Å². The third-order valence-corrected chi connectivity index (χ3v) is 3.86. The van der Waals surface area contributed by atoms with E-state index in [1.54, 1.807) is 12.1 Å². The molecule has 1 fully saturated rings. The Labute approximate surface area is 108 Å². The van der Waals surface area contributed by atoms with Crippen molar-refractivity contribution in [2.45, 2.75) is 32.7 Å². The molecule has 1 aromatic carbocycles. The van der Waals surface area contributed by atoms with E-state index in [1.165, 1.54) is 6.07 Å². The molecule has 1 saturated heterocycles. The molecular formula is C15H19FN2. The summed E-state index contributed by atoms with van der Waals surface area (Å²) in [5.74, 6) is -0.168. The highest BCUT2D eigenvalue weighted by Gasteiger charge is 2.29. The third-order valence-electron chi connectivity index (χ3n) is 3.86. The molecule has 1 aliphatic rings. The number of hydrogen-bond donors (Lipinski definition) is 0. The van der Waals surface area contributed by atoms with E-state index in [0.29, 0.717) is 6.42 Å². The molecule has 0 aromatic heterocycles. The fraction of sp³-hybridized carbons (Fsp3) is 0.533. The first-order valence-corrected chi connectivity index (χ1v) is 6.45. The van der Waals surface area contributed by atoms with Gasteiger partial charge in [-0.05, 0) is 49.0 Å². The molecule has 1 aliphatic heterocycles. The van der Waals surface area contributed by atoms with Crippen molar-refractivity contribution in [3.8, 4) is 6.07 Å². The molecule has 3 heteroatoms. The molecule has 0 saturated carbocycles. The van der Waals surface area contributed by atoms with Crippen LogP contribution in [0.1, 0.15) is 31.7 Å². The van der Waals surface area contributed by atoms with Crippen LogP contribution in [-0.4, -0.2) is 18.0 Å². The summed E-state index contributed by atoms with van der Waals surface area (Å²) in [6.07, 6.45) is 2.74. The molecule has 0 bridgehead atoms. The van der Waals surface area contributed by atoms with Crippen LogP contribution in [0.15, 0.2) is 24.3 Å². The largest absolute Gasteiger partial charge is 0.299 e. The molecule has 0 unspecified atom stereocenters. The van der Waals surface area contributed by atoms with Crippen LogP contribution in [0.25, 0.3) is 0 Å². The number of nitrogens with zero attached hydrogens (tertiary/aromatic N) is 2. The van der Waals surface area contributed by atoms with Crippen molar-refractivity contribution in [1.82, 2.24) is 4.90 Å². The van der Waals surface area contributed by atoms with Crippen molar-refractivity contribution >= 4 is 0 Å². The van der Waals surface area contributed by atoms with Gasteiger partial charge in [0, 0.05) is 13.0 Å². The number of hydrogen-bond acceptors (Lipinski definition) is 2. The Balaban J connectivity index is 1.89. The molecule has 96 valence electrons. The Morgan fingerprint density at radius 3 is 2.72 bits per heavy atom. The van der Waals surface area contributed by atoms with E-state index < -0.39 is 0 Å². The van der Waals surface area contributed by atoms with E-state index in [0.717, 1.165) is 38.0 Å². The molecule has 0 amide bonds. The highest BCUT2D eigenvalue weighted by Crippen LogP contribution is 2.34. The second-order valence-electron chi connectivity index (χ2n) is 5.55. The van der Waals surface area contributed by atoms with Crippen LogP contribution in [-0.2, 0) is 6.54 Å². The number of halogens is 1. The Kier molecular flexibility index (Phi) is 3.98. The van der Waals surface area contributed by atoms with Crippen LogP contribution in [0.4, 0.5) is 4.39 Å². The first-order chi connectivity index (χ1) is 8.61. The van der Waals surface area contributed by atoms with Crippen molar-refractivity contribution in [3.63, 3.8) is 0 Å². The SMILES string of the molecule is CC1(CC#N)CCN(Cc2cccc(F)c2)CC1. The van der Waals surface area contributed by atoms with Gasteiger partial charge in [-0.2, -0.15) is 5.26 Å². The zero-order chi connectivity index (χ0) is 13.0. The maximum absolute atomic E-state index is 13.1. The van der Waals surface area contributed by atoms with Gasteiger partial charge in [0.15, 0.2) is 0 Å². The summed E-state index contributed by atoms with van der Waals surface area (Å²) in [6, 6.07) is 9.08. The van der Waals surface area contributed by atoms with Gasteiger partial charge in [-0.3, -0.25) is 4.90 Å². The quantitative estimate of drug-likeness (QED) is 0.818. The Hall–Kier alpha value is -1.40. The zero-order valence-electron chi connectivity index (χ0n) is 10.8. The molecule has 18 heavy (non-hydrogen) atoms. The van der Waals surface area contributed by atoms with Gasteiger partial charge in [0.25, 0.3) is 0 Å². The summed E-state index contributed by atoms with van der Waals surface area (Å²) in [5.41, 5.74) is 1.20. The van der Waals surface area contributed by atoms with Crippen LogP contribution >= 0.6 is 0 Å². The number of nitriles is 1. The maximum Gasteiger partial charge on any atom is 0.123 e. The molecule has 0 radical (unpaired) electrons. The van der Waals surface area contributed by atoms with E-state index in [4.69, 9.17) is 5.26 Å². The lowest BCUT2D eigenvalue weighted by atomic mass is 9.78. The average molecular weight is 246 g/mol. The highest BCUT2D eigenvalue weighted by molar-refractivity contribution is 5.16. The summed E-state index contributed by atoms with van der Waals surface area (Å²) < 4.78 is 13.1. The Morgan fingerprint density at radius 2 is 2.11 bits per heavy atom. The minimum atomic E-state index is -0.168. The average Bonchev–Trinajstić information content (AvgIpc) is 2.33.